The molecular formula is C16H11Br3INO2. The molecule has 0 fully saturated rings. The average Bonchev–Trinajstić information content (AvgIpc) is 2.47. The van der Waals surface area contributed by atoms with E-state index in [9.17, 15) is 4.79 Å². The van der Waals surface area contributed by atoms with E-state index in [0.717, 1.165) is 28.2 Å². The molecule has 0 saturated heterocycles. The molecular weight excluding hydrogens is 605 g/mol. The summed E-state index contributed by atoms with van der Waals surface area (Å²) < 4.78 is 9.00. The van der Waals surface area contributed by atoms with E-state index in [2.05, 4.69) is 75.7 Å². The standard InChI is InChI=1S/C16H11Br3INO2/c1-23-16-9(6-11(18)7-12(16)19)2-5-15(22)21-14-4-3-10(17)8-13(14)20/h2-8H,1H3,(H,21,22). The second-order valence-corrected chi connectivity index (χ2v) is 8.30. The molecule has 0 radical (unpaired) electrons. The van der Waals surface area contributed by atoms with Gasteiger partial charge in [-0.2, -0.15) is 0 Å². The van der Waals surface area contributed by atoms with Gasteiger partial charge in [-0.15, -0.1) is 0 Å². The number of benzene rings is 2. The first-order chi connectivity index (χ1) is 10.9. The van der Waals surface area contributed by atoms with E-state index in [4.69, 9.17) is 4.74 Å². The maximum atomic E-state index is 12.1. The summed E-state index contributed by atoms with van der Waals surface area (Å²) in [4.78, 5) is 12.1. The molecule has 2 aromatic carbocycles. The zero-order valence-corrected chi connectivity index (χ0v) is 18.8. The van der Waals surface area contributed by atoms with Crippen molar-refractivity contribution in [1.82, 2.24) is 0 Å². The molecule has 120 valence electrons. The lowest BCUT2D eigenvalue weighted by Gasteiger charge is -2.08. The van der Waals surface area contributed by atoms with Crippen molar-refractivity contribution in [3.05, 3.63) is 59.0 Å². The number of hydrogen-bond donors (Lipinski definition) is 1. The van der Waals surface area contributed by atoms with Gasteiger partial charge in [0.05, 0.1) is 17.3 Å². The maximum Gasteiger partial charge on any atom is 0.248 e. The zero-order valence-electron chi connectivity index (χ0n) is 11.9. The van der Waals surface area contributed by atoms with Crippen molar-refractivity contribution in [2.45, 2.75) is 0 Å². The van der Waals surface area contributed by atoms with Crippen molar-refractivity contribution in [2.24, 2.45) is 0 Å². The highest BCUT2D eigenvalue weighted by molar-refractivity contribution is 14.1. The Morgan fingerprint density at radius 3 is 2.57 bits per heavy atom. The topological polar surface area (TPSA) is 38.3 Å². The Morgan fingerprint density at radius 2 is 1.91 bits per heavy atom. The number of amides is 1. The highest BCUT2D eigenvalue weighted by atomic mass is 127. The number of carbonyl (C=O) groups is 1. The number of ether oxygens (including phenoxy) is 1. The van der Waals surface area contributed by atoms with E-state index in [-0.39, 0.29) is 5.91 Å². The van der Waals surface area contributed by atoms with Gasteiger partial charge in [-0.1, -0.05) is 31.9 Å². The van der Waals surface area contributed by atoms with Crippen molar-refractivity contribution in [2.75, 3.05) is 12.4 Å². The molecule has 1 amide bonds. The first-order valence-corrected chi connectivity index (χ1v) is 9.83. The summed E-state index contributed by atoms with van der Waals surface area (Å²) in [6.07, 6.45) is 3.20. The van der Waals surface area contributed by atoms with E-state index in [0.29, 0.717) is 5.75 Å². The van der Waals surface area contributed by atoms with Gasteiger partial charge in [0.15, 0.2) is 0 Å². The van der Waals surface area contributed by atoms with Gasteiger partial charge in [0, 0.05) is 24.2 Å². The van der Waals surface area contributed by atoms with Crippen molar-refractivity contribution in [1.29, 1.82) is 0 Å². The van der Waals surface area contributed by atoms with E-state index >= 15 is 0 Å². The third-order valence-corrected chi connectivity index (χ3v) is 5.28. The van der Waals surface area contributed by atoms with Gasteiger partial charge in [-0.3, -0.25) is 4.79 Å². The number of nitrogens with one attached hydrogen (secondary N) is 1. The summed E-state index contributed by atoms with van der Waals surface area (Å²) in [6, 6.07) is 9.45. The fraction of sp³-hybridized carbons (Fsp3) is 0.0625. The van der Waals surface area contributed by atoms with Gasteiger partial charge in [-0.05, 0) is 74.9 Å². The van der Waals surface area contributed by atoms with Crippen LogP contribution >= 0.6 is 70.4 Å². The van der Waals surface area contributed by atoms with Crippen LogP contribution < -0.4 is 10.1 Å². The van der Waals surface area contributed by atoms with E-state index in [1.165, 1.54) is 6.08 Å². The van der Waals surface area contributed by atoms with Crippen molar-refractivity contribution in [3.63, 3.8) is 0 Å². The normalized spacial score (nSPS) is 10.8. The largest absolute Gasteiger partial charge is 0.495 e. The SMILES string of the molecule is COc1c(Br)cc(Br)cc1C=CC(=O)Nc1ccc(Br)cc1I. The minimum atomic E-state index is -0.205. The average molecular weight is 616 g/mol. The van der Waals surface area contributed by atoms with Crippen LogP contribution in [-0.4, -0.2) is 13.0 Å². The number of rotatable bonds is 4. The Kier molecular flexibility index (Phi) is 7.12. The Balaban J connectivity index is 2.18. The molecule has 0 aromatic heterocycles. The van der Waals surface area contributed by atoms with Gasteiger partial charge >= 0.3 is 0 Å². The zero-order chi connectivity index (χ0) is 17.0. The monoisotopic (exact) mass is 613 g/mol. The molecule has 2 rings (SSSR count). The summed E-state index contributed by atoms with van der Waals surface area (Å²) in [5.74, 6) is 0.471. The predicted octanol–water partition coefficient (Wildman–Crippen LogP) is 6.24. The molecule has 0 spiro atoms. The van der Waals surface area contributed by atoms with Crippen LogP contribution in [0.25, 0.3) is 6.08 Å². The molecule has 2 aromatic rings. The van der Waals surface area contributed by atoms with Gasteiger partial charge in [0.2, 0.25) is 5.91 Å². The predicted molar refractivity (Wildman–Crippen MR) is 113 cm³/mol. The van der Waals surface area contributed by atoms with Crippen molar-refractivity contribution < 1.29 is 9.53 Å². The fourth-order valence-corrected chi connectivity index (χ4v) is 4.71. The van der Waals surface area contributed by atoms with E-state index in [1.54, 1.807) is 13.2 Å². The van der Waals surface area contributed by atoms with Crippen LogP contribution in [-0.2, 0) is 4.79 Å². The van der Waals surface area contributed by atoms with Gasteiger partial charge < -0.3 is 10.1 Å². The lowest BCUT2D eigenvalue weighted by atomic mass is 10.2. The van der Waals surface area contributed by atoms with Crippen molar-refractivity contribution in [3.8, 4) is 5.75 Å². The van der Waals surface area contributed by atoms with Crippen LogP contribution in [0.5, 0.6) is 5.75 Å². The first-order valence-electron chi connectivity index (χ1n) is 6.38. The van der Waals surface area contributed by atoms with Crippen LogP contribution in [0.2, 0.25) is 0 Å². The number of methoxy groups -OCH3 is 1. The molecule has 0 aliphatic heterocycles. The second-order valence-electron chi connectivity index (χ2n) is 4.46. The van der Waals surface area contributed by atoms with E-state index < -0.39 is 0 Å². The van der Waals surface area contributed by atoms with Crippen LogP contribution in [0.1, 0.15) is 5.56 Å². The minimum absolute atomic E-state index is 0.205. The molecule has 0 heterocycles. The molecule has 1 N–H and O–H groups in total. The van der Waals surface area contributed by atoms with Crippen LogP contribution in [0.4, 0.5) is 5.69 Å². The number of anilines is 1. The number of carbonyl (C=O) groups excluding carboxylic acids is 1. The quantitative estimate of drug-likeness (QED) is 0.327. The second kappa shape index (κ2) is 8.64. The highest BCUT2D eigenvalue weighted by Gasteiger charge is 2.08. The fourth-order valence-electron chi connectivity index (χ4n) is 1.85. The number of hydrogen-bond acceptors (Lipinski definition) is 2. The summed E-state index contributed by atoms with van der Waals surface area (Å²) in [5, 5.41) is 2.86. The Morgan fingerprint density at radius 1 is 1.17 bits per heavy atom. The lowest BCUT2D eigenvalue weighted by molar-refractivity contribution is -0.111. The molecule has 7 heteroatoms. The smallest absolute Gasteiger partial charge is 0.248 e. The molecule has 23 heavy (non-hydrogen) atoms. The molecule has 0 unspecified atom stereocenters. The van der Waals surface area contributed by atoms with Gasteiger partial charge in [0.25, 0.3) is 0 Å². The molecule has 3 nitrogen and oxygen atoms in total. The van der Waals surface area contributed by atoms with Crippen LogP contribution in [0, 0.1) is 3.57 Å². The molecule has 0 bridgehead atoms. The Bertz CT molecular complexity index is 778. The van der Waals surface area contributed by atoms with Gasteiger partial charge in [-0.25, -0.2) is 0 Å². The third-order valence-electron chi connectivity index (χ3n) is 2.84. The number of halogens is 4. The lowest BCUT2D eigenvalue weighted by Crippen LogP contribution is -2.08. The van der Waals surface area contributed by atoms with Crippen LogP contribution in [0.15, 0.2) is 49.8 Å². The third kappa shape index (κ3) is 5.30. The Hall–Kier alpha value is -0.380. The minimum Gasteiger partial charge on any atom is -0.495 e. The van der Waals surface area contributed by atoms with E-state index in [1.807, 2.05) is 30.3 Å². The summed E-state index contributed by atoms with van der Waals surface area (Å²) >= 11 is 12.4. The first kappa shape index (κ1) is 19.0. The highest BCUT2D eigenvalue weighted by Crippen LogP contribution is 2.33. The molecule has 0 aliphatic carbocycles. The summed E-state index contributed by atoms with van der Waals surface area (Å²) in [7, 11) is 1.59. The Labute approximate surface area is 173 Å². The van der Waals surface area contributed by atoms with Gasteiger partial charge in [0.1, 0.15) is 5.75 Å². The van der Waals surface area contributed by atoms with Crippen LogP contribution in [0.3, 0.4) is 0 Å². The summed E-state index contributed by atoms with van der Waals surface area (Å²) in [6.45, 7) is 0. The maximum absolute atomic E-state index is 12.1. The molecule has 0 saturated carbocycles. The molecule has 0 aliphatic rings. The molecule has 0 atom stereocenters. The summed E-state index contributed by atoms with van der Waals surface area (Å²) in [5.41, 5.74) is 1.57. The van der Waals surface area contributed by atoms with Crippen molar-refractivity contribution >= 4 is 88.1 Å².